The summed E-state index contributed by atoms with van der Waals surface area (Å²) in [6.45, 7) is 2.40. The van der Waals surface area contributed by atoms with Crippen molar-refractivity contribution in [1.29, 1.82) is 0 Å². The van der Waals surface area contributed by atoms with Crippen molar-refractivity contribution in [3.63, 3.8) is 0 Å². The number of benzene rings is 2. The SMILES string of the molecule is Cc1ccc2cc(C(=O)NCc3ccc(NC(N)=O)cc3)[nH]c2c1. The van der Waals surface area contributed by atoms with E-state index in [4.69, 9.17) is 5.73 Å². The standard InChI is InChI=1S/C18H18N4O2/c1-11-2-5-13-9-16(22-15(13)8-11)17(23)20-10-12-3-6-14(7-4-12)21-18(19)24/h2-9,22H,10H2,1H3,(H,20,23)(H3,19,21,24). The number of aryl methyl sites for hydroxylation is 1. The third-order valence-electron chi connectivity index (χ3n) is 3.70. The Kier molecular flexibility index (Phi) is 4.20. The lowest BCUT2D eigenvalue weighted by Crippen LogP contribution is -2.23. The molecule has 3 aromatic rings. The number of amides is 3. The van der Waals surface area contributed by atoms with E-state index in [0.717, 1.165) is 22.0 Å². The third-order valence-corrected chi connectivity index (χ3v) is 3.70. The molecule has 0 atom stereocenters. The summed E-state index contributed by atoms with van der Waals surface area (Å²) in [5.74, 6) is -0.164. The molecule has 5 N–H and O–H groups in total. The summed E-state index contributed by atoms with van der Waals surface area (Å²) in [6.07, 6.45) is 0. The average Bonchev–Trinajstić information content (AvgIpc) is 2.96. The monoisotopic (exact) mass is 322 g/mol. The van der Waals surface area contributed by atoms with Gasteiger partial charge >= 0.3 is 6.03 Å². The van der Waals surface area contributed by atoms with Crippen molar-refractivity contribution in [2.24, 2.45) is 5.73 Å². The van der Waals surface area contributed by atoms with Crippen molar-refractivity contribution in [1.82, 2.24) is 10.3 Å². The minimum atomic E-state index is -0.606. The van der Waals surface area contributed by atoms with Crippen LogP contribution in [0.1, 0.15) is 21.6 Å². The van der Waals surface area contributed by atoms with Crippen LogP contribution in [0.4, 0.5) is 10.5 Å². The van der Waals surface area contributed by atoms with Crippen molar-refractivity contribution in [2.45, 2.75) is 13.5 Å². The second-order valence-electron chi connectivity index (χ2n) is 5.64. The molecular weight excluding hydrogens is 304 g/mol. The Balaban J connectivity index is 1.64. The zero-order valence-electron chi connectivity index (χ0n) is 13.2. The van der Waals surface area contributed by atoms with Gasteiger partial charge in [0.15, 0.2) is 0 Å². The molecule has 0 unspecified atom stereocenters. The Morgan fingerprint density at radius 2 is 1.83 bits per heavy atom. The summed E-state index contributed by atoms with van der Waals surface area (Å²) in [6, 6.07) is 14.4. The highest BCUT2D eigenvalue weighted by atomic mass is 16.2. The molecule has 2 aromatic carbocycles. The summed E-state index contributed by atoms with van der Waals surface area (Å²) in [5.41, 5.74) is 9.21. The van der Waals surface area contributed by atoms with Crippen molar-refractivity contribution in [3.05, 3.63) is 65.4 Å². The Morgan fingerprint density at radius 1 is 1.08 bits per heavy atom. The highest BCUT2D eigenvalue weighted by Gasteiger charge is 2.09. The highest BCUT2D eigenvalue weighted by molar-refractivity contribution is 5.98. The Bertz CT molecular complexity index is 897. The van der Waals surface area contributed by atoms with Gasteiger partial charge in [0, 0.05) is 23.1 Å². The number of primary amides is 1. The lowest BCUT2D eigenvalue weighted by molar-refractivity contribution is 0.0946. The molecule has 0 aliphatic carbocycles. The molecule has 6 heteroatoms. The molecule has 0 saturated heterocycles. The van der Waals surface area contributed by atoms with Crippen LogP contribution in [0.3, 0.4) is 0 Å². The maximum Gasteiger partial charge on any atom is 0.316 e. The van der Waals surface area contributed by atoms with Crippen LogP contribution in [0.5, 0.6) is 0 Å². The molecule has 6 nitrogen and oxygen atoms in total. The van der Waals surface area contributed by atoms with Gasteiger partial charge in [-0.3, -0.25) is 4.79 Å². The van der Waals surface area contributed by atoms with Crippen molar-refractivity contribution < 1.29 is 9.59 Å². The molecule has 24 heavy (non-hydrogen) atoms. The summed E-state index contributed by atoms with van der Waals surface area (Å²) in [5, 5.41) is 6.36. The number of fused-ring (bicyclic) bond motifs is 1. The summed E-state index contributed by atoms with van der Waals surface area (Å²) < 4.78 is 0. The molecule has 0 aliphatic rings. The lowest BCUT2D eigenvalue weighted by Gasteiger charge is -2.06. The number of aromatic amines is 1. The number of anilines is 1. The predicted octanol–water partition coefficient (Wildman–Crippen LogP) is 2.90. The van der Waals surface area contributed by atoms with E-state index in [0.29, 0.717) is 17.9 Å². The number of carbonyl (C=O) groups excluding carboxylic acids is 2. The van der Waals surface area contributed by atoms with E-state index >= 15 is 0 Å². The van der Waals surface area contributed by atoms with Crippen molar-refractivity contribution in [2.75, 3.05) is 5.32 Å². The van der Waals surface area contributed by atoms with Gasteiger partial charge in [-0.15, -0.1) is 0 Å². The number of nitrogens with two attached hydrogens (primary N) is 1. The Hall–Kier alpha value is -3.28. The highest BCUT2D eigenvalue weighted by Crippen LogP contribution is 2.17. The first kappa shape index (κ1) is 15.6. The van der Waals surface area contributed by atoms with Gasteiger partial charge in [-0.2, -0.15) is 0 Å². The fourth-order valence-corrected chi connectivity index (χ4v) is 2.49. The van der Waals surface area contributed by atoms with Gasteiger partial charge in [0.25, 0.3) is 5.91 Å². The van der Waals surface area contributed by atoms with Crippen LogP contribution in [0.2, 0.25) is 0 Å². The minimum absolute atomic E-state index is 0.164. The second-order valence-corrected chi connectivity index (χ2v) is 5.64. The van der Waals surface area contributed by atoms with Crippen LogP contribution >= 0.6 is 0 Å². The van der Waals surface area contributed by atoms with E-state index in [9.17, 15) is 9.59 Å². The first-order chi connectivity index (χ1) is 11.5. The Labute approximate surface area is 139 Å². The minimum Gasteiger partial charge on any atom is -0.351 e. The van der Waals surface area contributed by atoms with Crippen LogP contribution in [0.15, 0.2) is 48.5 Å². The predicted molar refractivity (Wildman–Crippen MR) is 93.9 cm³/mol. The summed E-state index contributed by atoms with van der Waals surface area (Å²) in [7, 11) is 0. The zero-order chi connectivity index (χ0) is 17.1. The number of hydrogen-bond acceptors (Lipinski definition) is 2. The first-order valence-electron chi connectivity index (χ1n) is 7.54. The summed E-state index contributed by atoms with van der Waals surface area (Å²) in [4.78, 5) is 26.2. The van der Waals surface area contributed by atoms with E-state index < -0.39 is 6.03 Å². The van der Waals surface area contributed by atoms with E-state index in [1.165, 1.54) is 0 Å². The number of rotatable bonds is 4. The molecule has 122 valence electrons. The molecule has 0 spiro atoms. The number of nitrogens with one attached hydrogen (secondary N) is 3. The molecule has 0 radical (unpaired) electrons. The van der Waals surface area contributed by atoms with Crippen molar-refractivity contribution in [3.8, 4) is 0 Å². The van der Waals surface area contributed by atoms with Crippen LogP contribution in [0, 0.1) is 6.92 Å². The number of carbonyl (C=O) groups is 2. The fourth-order valence-electron chi connectivity index (χ4n) is 2.49. The van der Waals surface area contributed by atoms with E-state index in [2.05, 4.69) is 15.6 Å². The average molecular weight is 322 g/mol. The van der Waals surface area contributed by atoms with Gasteiger partial charge in [0.05, 0.1) is 0 Å². The summed E-state index contributed by atoms with van der Waals surface area (Å²) >= 11 is 0. The van der Waals surface area contributed by atoms with Gasteiger partial charge in [-0.25, -0.2) is 4.79 Å². The van der Waals surface area contributed by atoms with Gasteiger partial charge < -0.3 is 21.4 Å². The largest absolute Gasteiger partial charge is 0.351 e. The molecule has 1 heterocycles. The fraction of sp³-hybridized carbons (Fsp3) is 0.111. The molecule has 0 aliphatic heterocycles. The van der Waals surface area contributed by atoms with Crippen LogP contribution < -0.4 is 16.4 Å². The van der Waals surface area contributed by atoms with Crippen LogP contribution in [0.25, 0.3) is 10.9 Å². The van der Waals surface area contributed by atoms with Crippen LogP contribution in [-0.2, 0) is 6.54 Å². The second kappa shape index (κ2) is 6.45. The van der Waals surface area contributed by atoms with E-state index in [1.54, 1.807) is 12.1 Å². The van der Waals surface area contributed by atoms with Gasteiger partial charge in [0.1, 0.15) is 5.69 Å². The van der Waals surface area contributed by atoms with Crippen molar-refractivity contribution >= 4 is 28.5 Å². The molecule has 3 amide bonds. The van der Waals surface area contributed by atoms with E-state index in [-0.39, 0.29) is 5.91 Å². The van der Waals surface area contributed by atoms with E-state index in [1.807, 2.05) is 43.3 Å². The number of aromatic nitrogens is 1. The van der Waals surface area contributed by atoms with Gasteiger partial charge in [-0.05, 0) is 42.3 Å². The van der Waals surface area contributed by atoms with Gasteiger partial charge in [-0.1, -0.05) is 24.3 Å². The van der Waals surface area contributed by atoms with Gasteiger partial charge in [0.2, 0.25) is 0 Å². The number of H-pyrrole nitrogens is 1. The number of hydrogen-bond donors (Lipinski definition) is 4. The molecule has 1 aromatic heterocycles. The molecule has 0 bridgehead atoms. The first-order valence-corrected chi connectivity index (χ1v) is 7.54. The maximum absolute atomic E-state index is 12.3. The Morgan fingerprint density at radius 3 is 2.54 bits per heavy atom. The zero-order valence-corrected chi connectivity index (χ0v) is 13.2. The molecule has 0 saturated carbocycles. The quantitative estimate of drug-likeness (QED) is 0.594. The third kappa shape index (κ3) is 3.55. The molecule has 0 fully saturated rings. The topological polar surface area (TPSA) is 100 Å². The molecule has 3 rings (SSSR count). The number of urea groups is 1. The molecular formula is C18H18N4O2. The normalized spacial score (nSPS) is 10.5. The van der Waals surface area contributed by atoms with Crippen LogP contribution in [-0.4, -0.2) is 16.9 Å². The maximum atomic E-state index is 12.3. The lowest BCUT2D eigenvalue weighted by atomic mass is 10.2. The smallest absolute Gasteiger partial charge is 0.316 e.